The fraction of sp³-hybridized carbons (Fsp3) is 0.400. The van der Waals surface area contributed by atoms with Crippen LogP contribution < -0.4 is 15.0 Å². The number of ether oxygens (including phenoxy) is 1. The second-order valence-corrected chi connectivity index (χ2v) is 8.28. The molecule has 1 saturated heterocycles. The summed E-state index contributed by atoms with van der Waals surface area (Å²) >= 11 is 0. The predicted octanol–water partition coefficient (Wildman–Crippen LogP) is 3.73. The quantitative estimate of drug-likeness (QED) is 0.683. The van der Waals surface area contributed by atoms with Gasteiger partial charge in [0, 0.05) is 38.3 Å². The number of rotatable bonds is 8. The number of unbranched alkanes of at least 4 members (excludes halogenated alkanes) is 1. The molecule has 0 bridgehead atoms. The zero-order valence-electron chi connectivity index (χ0n) is 19.2. The first-order valence-corrected chi connectivity index (χ1v) is 10.9. The first kappa shape index (κ1) is 23.3. The van der Waals surface area contributed by atoms with Gasteiger partial charge in [-0.2, -0.15) is 0 Å². The molecule has 0 radical (unpaired) electrons. The molecule has 1 heterocycles. The van der Waals surface area contributed by atoms with Crippen LogP contribution in [0.2, 0.25) is 0 Å². The molecule has 0 aromatic heterocycles. The summed E-state index contributed by atoms with van der Waals surface area (Å²) in [5.41, 5.74) is 2.91. The molecule has 0 saturated carbocycles. The fourth-order valence-corrected chi connectivity index (χ4v) is 3.79. The van der Waals surface area contributed by atoms with E-state index >= 15 is 0 Å². The summed E-state index contributed by atoms with van der Waals surface area (Å²) in [4.78, 5) is 41.0. The van der Waals surface area contributed by atoms with Gasteiger partial charge in [-0.05, 0) is 48.7 Å². The van der Waals surface area contributed by atoms with E-state index in [2.05, 4.69) is 12.2 Å². The molecule has 1 fully saturated rings. The highest BCUT2D eigenvalue weighted by Crippen LogP contribution is 2.30. The van der Waals surface area contributed by atoms with Crippen LogP contribution in [0.5, 0.6) is 5.75 Å². The van der Waals surface area contributed by atoms with Gasteiger partial charge in [0.25, 0.3) is 5.91 Å². The minimum absolute atomic E-state index is 0.0741. The molecule has 1 atom stereocenters. The van der Waals surface area contributed by atoms with E-state index in [1.165, 1.54) is 17.6 Å². The number of benzene rings is 2. The smallest absolute Gasteiger partial charge is 0.253 e. The summed E-state index contributed by atoms with van der Waals surface area (Å²) in [6.45, 7) is 2.48. The Morgan fingerprint density at radius 1 is 1.16 bits per heavy atom. The van der Waals surface area contributed by atoms with Crippen LogP contribution in [0.1, 0.15) is 42.1 Å². The van der Waals surface area contributed by atoms with E-state index < -0.39 is 5.92 Å². The monoisotopic (exact) mass is 437 g/mol. The zero-order valence-corrected chi connectivity index (χ0v) is 19.2. The number of nitrogens with one attached hydrogen (secondary N) is 1. The van der Waals surface area contributed by atoms with Crippen molar-refractivity contribution in [3.63, 3.8) is 0 Å². The standard InChI is InChI=1S/C25H31N3O4/c1-5-6-7-17-8-11-20(12-9-17)28-16-19(15-23(28)29)24(30)26-21-14-18(25(31)27(2)3)10-13-22(21)32-4/h8-14,19H,5-7,15-16H2,1-4H3,(H,26,30). The third-order valence-corrected chi connectivity index (χ3v) is 5.67. The number of carbonyl (C=O) groups is 3. The first-order valence-electron chi connectivity index (χ1n) is 10.9. The first-order chi connectivity index (χ1) is 15.3. The summed E-state index contributed by atoms with van der Waals surface area (Å²) in [5, 5.41) is 2.85. The van der Waals surface area contributed by atoms with Crippen LogP contribution in [0, 0.1) is 5.92 Å². The van der Waals surface area contributed by atoms with Crippen LogP contribution in [0.25, 0.3) is 0 Å². The van der Waals surface area contributed by atoms with Crippen LogP contribution in [0.3, 0.4) is 0 Å². The molecule has 32 heavy (non-hydrogen) atoms. The van der Waals surface area contributed by atoms with Crippen molar-refractivity contribution in [1.82, 2.24) is 4.90 Å². The summed E-state index contributed by atoms with van der Waals surface area (Å²) in [5.74, 6) is -0.548. The second-order valence-electron chi connectivity index (χ2n) is 8.28. The lowest BCUT2D eigenvalue weighted by atomic mass is 10.1. The van der Waals surface area contributed by atoms with Gasteiger partial charge in [-0.25, -0.2) is 0 Å². The van der Waals surface area contributed by atoms with Crippen molar-refractivity contribution in [1.29, 1.82) is 0 Å². The van der Waals surface area contributed by atoms with Crippen molar-refractivity contribution in [2.24, 2.45) is 5.92 Å². The van der Waals surface area contributed by atoms with Gasteiger partial charge in [-0.1, -0.05) is 25.5 Å². The number of hydrogen-bond acceptors (Lipinski definition) is 4. The Morgan fingerprint density at radius 2 is 1.88 bits per heavy atom. The largest absolute Gasteiger partial charge is 0.495 e. The topological polar surface area (TPSA) is 79.0 Å². The number of anilines is 2. The number of amides is 3. The predicted molar refractivity (Wildman–Crippen MR) is 125 cm³/mol. The molecule has 3 amide bonds. The molecular weight excluding hydrogens is 406 g/mol. The minimum atomic E-state index is -0.486. The lowest BCUT2D eigenvalue weighted by molar-refractivity contribution is -0.122. The zero-order chi connectivity index (χ0) is 23.3. The molecule has 1 aliphatic heterocycles. The summed E-state index contributed by atoms with van der Waals surface area (Å²) < 4.78 is 5.34. The number of hydrogen-bond donors (Lipinski definition) is 1. The molecule has 1 unspecified atom stereocenters. The van der Waals surface area contributed by atoms with E-state index in [1.54, 1.807) is 37.2 Å². The molecule has 7 heteroatoms. The molecule has 7 nitrogen and oxygen atoms in total. The lowest BCUT2D eigenvalue weighted by Gasteiger charge is -2.18. The average molecular weight is 438 g/mol. The maximum atomic E-state index is 13.0. The fourth-order valence-electron chi connectivity index (χ4n) is 3.79. The van der Waals surface area contributed by atoms with Gasteiger partial charge in [-0.15, -0.1) is 0 Å². The Labute approximate surface area is 189 Å². The maximum Gasteiger partial charge on any atom is 0.253 e. The average Bonchev–Trinajstić information content (AvgIpc) is 3.19. The molecule has 3 rings (SSSR count). The van der Waals surface area contributed by atoms with Crippen molar-refractivity contribution in [3.05, 3.63) is 53.6 Å². The summed E-state index contributed by atoms with van der Waals surface area (Å²) in [7, 11) is 4.84. The van der Waals surface area contributed by atoms with E-state index in [0.717, 1.165) is 24.9 Å². The molecule has 1 N–H and O–H groups in total. The van der Waals surface area contributed by atoms with Crippen LogP contribution in [0.15, 0.2) is 42.5 Å². The maximum absolute atomic E-state index is 13.0. The van der Waals surface area contributed by atoms with Gasteiger partial charge in [0.05, 0.1) is 18.7 Å². The highest BCUT2D eigenvalue weighted by molar-refractivity contribution is 6.04. The van der Waals surface area contributed by atoms with Gasteiger partial charge in [0.2, 0.25) is 11.8 Å². The van der Waals surface area contributed by atoms with Crippen LogP contribution in [0.4, 0.5) is 11.4 Å². The number of aryl methyl sites for hydroxylation is 1. The van der Waals surface area contributed by atoms with Crippen molar-refractivity contribution in [3.8, 4) is 5.75 Å². The summed E-state index contributed by atoms with van der Waals surface area (Å²) in [6.07, 6.45) is 3.43. The van der Waals surface area contributed by atoms with Gasteiger partial charge in [0.15, 0.2) is 0 Å². The van der Waals surface area contributed by atoms with Gasteiger partial charge in [0.1, 0.15) is 5.75 Å². The minimum Gasteiger partial charge on any atom is -0.495 e. The molecule has 2 aromatic rings. The highest BCUT2D eigenvalue weighted by Gasteiger charge is 2.35. The van der Waals surface area contributed by atoms with E-state index in [4.69, 9.17) is 4.74 Å². The van der Waals surface area contributed by atoms with E-state index in [9.17, 15) is 14.4 Å². The van der Waals surface area contributed by atoms with Crippen LogP contribution >= 0.6 is 0 Å². The highest BCUT2D eigenvalue weighted by atomic mass is 16.5. The van der Waals surface area contributed by atoms with Crippen molar-refractivity contribution in [2.45, 2.75) is 32.6 Å². The Balaban J connectivity index is 1.71. The molecule has 170 valence electrons. The molecule has 1 aliphatic rings. The van der Waals surface area contributed by atoms with Crippen molar-refractivity contribution in [2.75, 3.05) is 38.0 Å². The lowest BCUT2D eigenvalue weighted by Crippen LogP contribution is -2.28. The SMILES string of the molecule is CCCCc1ccc(N2CC(C(=O)Nc3cc(C(=O)N(C)C)ccc3OC)CC2=O)cc1. The van der Waals surface area contributed by atoms with Crippen LogP contribution in [-0.4, -0.2) is 50.4 Å². The van der Waals surface area contributed by atoms with Crippen molar-refractivity contribution < 1.29 is 19.1 Å². The normalized spacial score (nSPS) is 15.6. The Hall–Kier alpha value is -3.35. The molecular formula is C25H31N3O4. The van der Waals surface area contributed by atoms with Gasteiger partial charge >= 0.3 is 0 Å². The number of carbonyl (C=O) groups excluding carboxylic acids is 3. The third-order valence-electron chi connectivity index (χ3n) is 5.67. The van der Waals surface area contributed by atoms with E-state index in [1.807, 2.05) is 24.3 Å². The number of methoxy groups -OCH3 is 1. The number of nitrogens with zero attached hydrogens (tertiary/aromatic N) is 2. The van der Waals surface area contributed by atoms with E-state index in [-0.39, 0.29) is 24.1 Å². The Bertz CT molecular complexity index is 985. The molecule has 2 aromatic carbocycles. The Kier molecular flexibility index (Phi) is 7.51. The van der Waals surface area contributed by atoms with Gasteiger partial charge < -0.3 is 19.9 Å². The molecule has 0 aliphatic carbocycles. The van der Waals surface area contributed by atoms with Crippen molar-refractivity contribution >= 4 is 29.1 Å². The van der Waals surface area contributed by atoms with Gasteiger partial charge in [-0.3, -0.25) is 14.4 Å². The third kappa shape index (κ3) is 5.28. The van der Waals surface area contributed by atoms with Crippen LogP contribution in [-0.2, 0) is 16.0 Å². The van der Waals surface area contributed by atoms with E-state index in [0.29, 0.717) is 23.5 Å². The molecule has 0 spiro atoms. The summed E-state index contributed by atoms with van der Waals surface area (Å²) in [6, 6.07) is 12.9. The Morgan fingerprint density at radius 3 is 2.50 bits per heavy atom. The second kappa shape index (κ2) is 10.3.